The Morgan fingerprint density at radius 3 is 2.28 bits per heavy atom. The molecule has 2 bridgehead atoms. The van der Waals surface area contributed by atoms with E-state index in [0.717, 1.165) is 6.42 Å². The number of carbonyl (C=O) groups excluding carboxylic acids is 1. The van der Waals surface area contributed by atoms with Crippen LogP contribution in [0.2, 0.25) is 0 Å². The van der Waals surface area contributed by atoms with Crippen LogP contribution in [-0.4, -0.2) is 50.6 Å². The monoisotopic (exact) mass is 350 g/mol. The lowest BCUT2D eigenvalue weighted by molar-refractivity contribution is -0.249. The minimum atomic E-state index is -1.25. The first kappa shape index (κ1) is 17.7. The lowest BCUT2D eigenvalue weighted by atomic mass is 9.39. The zero-order chi connectivity index (χ0) is 18.5. The van der Waals surface area contributed by atoms with Gasteiger partial charge in [0.25, 0.3) is 0 Å². The van der Waals surface area contributed by atoms with E-state index in [1.54, 1.807) is 0 Å². The van der Waals surface area contributed by atoms with Crippen LogP contribution in [0.25, 0.3) is 0 Å². The summed E-state index contributed by atoms with van der Waals surface area (Å²) >= 11 is 0. The van der Waals surface area contributed by atoms with E-state index in [4.69, 9.17) is 0 Å². The number of hydrogen-bond acceptors (Lipinski definition) is 5. The van der Waals surface area contributed by atoms with Gasteiger partial charge < -0.3 is 20.4 Å². The Bertz CT molecular complexity index is 642. The molecule has 4 aliphatic carbocycles. The summed E-state index contributed by atoms with van der Waals surface area (Å²) in [6.45, 7) is 10.0. The Hall–Kier alpha value is -0.750. The molecule has 0 aromatic rings. The number of aliphatic hydroxyl groups excluding tert-OH is 4. The van der Waals surface area contributed by atoms with Crippen LogP contribution in [0.4, 0.5) is 0 Å². The summed E-state index contributed by atoms with van der Waals surface area (Å²) in [5.41, 5.74) is -1.69. The average molecular weight is 350 g/mol. The van der Waals surface area contributed by atoms with Crippen LogP contribution in [0.1, 0.15) is 46.5 Å². The number of fused-ring (bicyclic) bond motifs is 3. The van der Waals surface area contributed by atoms with Crippen molar-refractivity contribution in [3.8, 4) is 0 Å². The number of hydrogen-bond donors (Lipinski definition) is 4. The molecule has 140 valence electrons. The van der Waals surface area contributed by atoms with Crippen molar-refractivity contribution in [3.63, 3.8) is 0 Å². The van der Waals surface area contributed by atoms with E-state index in [1.165, 1.54) is 0 Å². The summed E-state index contributed by atoms with van der Waals surface area (Å²) < 4.78 is 0. The molecule has 4 rings (SSSR count). The molecular weight excluding hydrogens is 320 g/mol. The van der Waals surface area contributed by atoms with Gasteiger partial charge in [0.2, 0.25) is 0 Å². The number of rotatable bonds is 0. The Morgan fingerprint density at radius 1 is 1.00 bits per heavy atom. The van der Waals surface area contributed by atoms with Gasteiger partial charge in [-0.25, -0.2) is 0 Å². The van der Waals surface area contributed by atoms with Crippen molar-refractivity contribution < 1.29 is 25.2 Å². The van der Waals surface area contributed by atoms with E-state index in [0.29, 0.717) is 19.3 Å². The second-order valence-corrected chi connectivity index (χ2v) is 9.80. The molecule has 4 aliphatic rings. The quantitative estimate of drug-likeness (QED) is 0.489. The molecule has 0 aromatic carbocycles. The molecule has 0 saturated heterocycles. The van der Waals surface area contributed by atoms with E-state index < -0.39 is 35.7 Å². The van der Waals surface area contributed by atoms with Crippen molar-refractivity contribution in [2.75, 3.05) is 0 Å². The average Bonchev–Trinajstić information content (AvgIpc) is 2.66. The zero-order valence-corrected chi connectivity index (χ0v) is 15.3. The topological polar surface area (TPSA) is 98.0 Å². The molecule has 4 fully saturated rings. The Balaban J connectivity index is 1.89. The summed E-state index contributed by atoms with van der Waals surface area (Å²) in [7, 11) is 0. The van der Waals surface area contributed by atoms with Crippen molar-refractivity contribution in [1.29, 1.82) is 0 Å². The third-order valence-corrected chi connectivity index (χ3v) is 8.70. The lowest BCUT2D eigenvalue weighted by Gasteiger charge is -2.66. The van der Waals surface area contributed by atoms with E-state index >= 15 is 0 Å². The molecule has 1 spiro atoms. The van der Waals surface area contributed by atoms with Gasteiger partial charge in [-0.2, -0.15) is 0 Å². The summed E-state index contributed by atoms with van der Waals surface area (Å²) in [6.07, 6.45) is -1.19. The maximum Gasteiger partial charge on any atom is 0.170 e. The normalized spacial score (nSPS) is 57.2. The summed E-state index contributed by atoms with van der Waals surface area (Å²) in [5, 5.41) is 43.3. The predicted octanol–water partition coefficient (Wildman–Crippen LogP) is 1.04. The smallest absolute Gasteiger partial charge is 0.170 e. The minimum absolute atomic E-state index is 0.0204. The van der Waals surface area contributed by atoms with E-state index in [2.05, 4.69) is 13.5 Å². The third kappa shape index (κ3) is 1.76. The van der Waals surface area contributed by atoms with Gasteiger partial charge in [0, 0.05) is 5.92 Å². The van der Waals surface area contributed by atoms with Gasteiger partial charge in [0.15, 0.2) is 5.78 Å². The van der Waals surface area contributed by atoms with Gasteiger partial charge in [-0.15, -0.1) is 0 Å². The molecular formula is C20H30O5. The van der Waals surface area contributed by atoms with Gasteiger partial charge >= 0.3 is 0 Å². The van der Waals surface area contributed by atoms with Crippen molar-refractivity contribution in [2.24, 2.45) is 34.0 Å². The second kappa shape index (κ2) is 4.94. The molecule has 0 radical (unpaired) electrons. The highest BCUT2D eigenvalue weighted by molar-refractivity contribution is 6.04. The number of carbonyl (C=O) groups is 1. The van der Waals surface area contributed by atoms with Crippen LogP contribution in [0.3, 0.4) is 0 Å². The SMILES string of the molecule is C=C1C(=O)[C@@]23[C@H](O)C[C@@H]4C(C)(C)[C@@H](O)CC[C@@]4(C)[C@@H]2C[C@H](O)[C@@H]1[C@H]3O. The van der Waals surface area contributed by atoms with Gasteiger partial charge in [-0.1, -0.05) is 27.4 Å². The molecule has 4 saturated carbocycles. The molecule has 0 amide bonds. The molecule has 0 heterocycles. The minimum Gasteiger partial charge on any atom is -0.393 e. The van der Waals surface area contributed by atoms with Crippen molar-refractivity contribution in [2.45, 2.75) is 70.9 Å². The first-order chi connectivity index (χ1) is 11.5. The molecule has 9 atom stereocenters. The Morgan fingerprint density at radius 2 is 1.64 bits per heavy atom. The lowest BCUT2D eigenvalue weighted by Crippen LogP contribution is -2.69. The van der Waals surface area contributed by atoms with Gasteiger partial charge in [-0.3, -0.25) is 4.79 Å². The van der Waals surface area contributed by atoms with Gasteiger partial charge in [0.1, 0.15) is 0 Å². The van der Waals surface area contributed by atoms with E-state index in [9.17, 15) is 25.2 Å². The summed E-state index contributed by atoms with van der Waals surface area (Å²) in [6, 6.07) is 0. The zero-order valence-electron chi connectivity index (χ0n) is 15.3. The second-order valence-electron chi connectivity index (χ2n) is 9.80. The fourth-order valence-electron chi connectivity index (χ4n) is 7.32. The van der Waals surface area contributed by atoms with Crippen LogP contribution < -0.4 is 0 Å². The summed E-state index contributed by atoms with van der Waals surface area (Å²) in [5.74, 6) is -1.22. The Labute approximate surface area is 148 Å². The van der Waals surface area contributed by atoms with Crippen LogP contribution in [0, 0.1) is 34.0 Å². The fraction of sp³-hybridized carbons (Fsp3) is 0.850. The molecule has 0 aromatic heterocycles. The van der Waals surface area contributed by atoms with Crippen LogP contribution >= 0.6 is 0 Å². The van der Waals surface area contributed by atoms with E-state index in [1.807, 2.05) is 13.8 Å². The Kier molecular flexibility index (Phi) is 3.49. The highest BCUT2D eigenvalue weighted by Gasteiger charge is 2.75. The highest BCUT2D eigenvalue weighted by Crippen LogP contribution is 2.70. The standard InChI is InChI=1S/C20H30O5/c1-9-15-10(21)7-12-19(4)6-5-13(22)18(2,3)11(19)8-14(23)20(12,16(9)24)17(15)25/h10-15,17,21-23,25H,1,5-8H2,2-4H3/t10-,11+,12-,13-,14+,15+,17+,19+,20-/m0/s1. The van der Waals surface area contributed by atoms with Crippen LogP contribution in [0.15, 0.2) is 12.2 Å². The first-order valence-corrected chi connectivity index (χ1v) is 9.46. The molecule has 0 aliphatic heterocycles. The van der Waals surface area contributed by atoms with Crippen molar-refractivity contribution in [1.82, 2.24) is 0 Å². The molecule has 0 unspecified atom stereocenters. The molecule has 4 N–H and O–H groups in total. The molecule has 25 heavy (non-hydrogen) atoms. The van der Waals surface area contributed by atoms with Crippen molar-refractivity contribution >= 4 is 5.78 Å². The van der Waals surface area contributed by atoms with Gasteiger partial charge in [0.05, 0.1) is 29.8 Å². The fourth-order valence-corrected chi connectivity index (χ4v) is 7.32. The number of aliphatic hydroxyl groups is 4. The number of Topliss-reactive ketones (excluding diaryl/α,β-unsaturated/α-hetero) is 1. The molecule has 5 heteroatoms. The maximum atomic E-state index is 13.2. The van der Waals surface area contributed by atoms with Gasteiger partial charge in [-0.05, 0) is 53.9 Å². The largest absolute Gasteiger partial charge is 0.393 e. The third-order valence-electron chi connectivity index (χ3n) is 8.70. The summed E-state index contributed by atoms with van der Waals surface area (Å²) in [4.78, 5) is 13.2. The maximum absolute atomic E-state index is 13.2. The first-order valence-electron chi connectivity index (χ1n) is 9.46. The number of ketones is 1. The van der Waals surface area contributed by atoms with Crippen LogP contribution in [-0.2, 0) is 4.79 Å². The predicted molar refractivity (Wildman–Crippen MR) is 91.4 cm³/mol. The molecule has 5 nitrogen and oxygen atoms in total. The van der Waals surface area contributed by atoms with Crippen LogP contribution in [0.5, 0.6) is 0 Å². The van der Waals surface area contributed by atoms with E-state index in [-0.39, 0.29) is 34.0 Å². The highest BCUT2D eigenvalue weighted by atomic mass is 16.3. The van der Waals surface area contributed by atoms with Crippen molar-refractivity contribution in [3.05, 3.63) is 12.2 Å².